The third-order valence-electron chi connectivity index (χ3n) is 15.6. The van der Waals surface area contributed by atoms with Crippen molar-refractivity contribution in [2.45, 2.75) is 92.1 Å². The minimum absolute atomic E-state index is 0.122. The maximum atomic E-state index is 11.2. The summed E-state index contributed by atoms with van der Waals surface area (Å²) in [7, 11) is 0. The van der Waals surface area contributed by atoms with E-state index in [0.717, 1.165) is 5.56 Å². The highest BCUT2D eigenvalue weighted by Crippen LogP contribution is 2.44. The third-order valence-corrected chi connectivity index (χ3v) is 15.6. The Labute approximate surface area is 478 Å². The van der Waals surface area contributed by atoms with Gasteiger partial charge in [0.25, 0.3) is 0 Å². The maximum Gasteiger partial charge on any atom is 0.229 e. The van der Waals surface area contributed by atoms with Crippen LogP contribution in [0, 0.1) is 0 Å². The standard InChI is InChI=1S/C62H60N4O18/c67-26-44-51(70)54(73)57(76)60(82-44)79-41-15-7-4-12-30(41)48-35-20-18-33(63-35)47(29-10-2-1-3-11-29)34-19-21-36(64-34)49(31-13-5-8-16-42(31)80-61-58(77)55(74)52(71)45(27-68)83-61)38-23-25-40(66-38)50(39-24-22-37(48)65-39)32-14-6-9-17-43(32)81-62-59(78)56(75)53(72)46(28-69)84-62/h1-25,44-46,51-63,66-78H,26-28H2/t44-,45-,46-,51-,52-,53-,54+,55+,56+,57-,58-,59-,60-,61-,62-/m1/s1. The molecule has 22 heteroatoms. The lowest BCUT2D eigenvalue weighted by atomic mass is 9.99. The molecule has 0 spiro atoms. The van der Waals surface area contributed by atoms with Crippen molar-refractivity contribution in [2.24, 2.45) is 0 Å². The lowest BCUT2D eigenvalue weighted by molar-refractivity contribution is -0.277. The molecule has 0 radical (unpaired) electrons. The summed E-state index contributed by atoms with van der Waals surface area (Å²) in [5.74, 6) is 0.450. The van der Waals surface area contributed by atoms with Crippen molar-refractivity contribution in [3.05, 3.63) is 150 Å². The molecule has 3 fully saturated rings. The molecule has 4 aromatic carbocycles. The number of aliphatic hydroxyl groups is 12. The predicted octanol–water partition coefficient (Wildman–Crippen LogP) is 2.86. The van der Waals surface area contributed by atoms with E-state index in [9.17, 15) is 61.3 Å². The van der Waals surface area contributed by atoms with Gasteiger partial charge in [0.05, 0.1) is 42.6 Å². The molecule has 0 saturated carbocycles. The summed E-state index contributed by atoms with van der Waals surface area (Å²) in [5, 5.41) is 128. The van der Waals surface area contributed by atoms with Crippen molar-refractivity contribution < 1.29 is 89.7 Å². The predicted molar refractivity (Wildman–Crippen MR) is 304 cm³/mol. The SMILES string of the molecule is OC[C@H]1O[C@@H](Oc2ccccc2-c2c3nc(c(-c4ccccc4O[C@@H]4O[C@H](CO)[C@@H](O)[C@H](O)[C@H]4O)c4ccc([nH]4)c(-c4ccccc4O[C@@H]4O[C@H](CO)[C@@H](O)[C@H](O)[C@H]4O)c4nc(c(-c5ccccc5)c5ccc2[nH]5)C=C4)C=C3)[C@H](O)[C@@H](O)[C@@H]1O. The number of nitrogens with zero attached hydrogens (tertiary/aromatic N) is 2. The van der Waals surface area contributed by atoms with Crippen molar-refractivity contribution in [3.63, 3.8) is 0 Å². The Kier molecular flexibility index (Phi) is 16.0. The highest BCUT2D eigenvalue weighted by atomic mass is 16.7. The number of ether oxygens (including phenoxy) is 6. The number of hydrogen-bond acceptors (Lipinski definition) is 20. The summed E-state index contributed by atoms with van der Waals surface area (Å²) in [6.45, 7) is -2.06. The van der Waals surface area contributed by atoms with Crippen molar-refractivity contribution in [2.75, 3.05) is 19.8 Å². The van der Waals surface area contributed by atoms with Crippen LogP contribution < -0.4 is 14.2 Å². The zero-order valence-corrected chi connectivity index (χ0v) is 44.4. The molecule has 0 unspecified atom stereocenters. The fourth-order valence-corrected chi connectivity index (χ4v) is 11.2. The molecule has 14 N–H and O–H groups in total. The molecule has 0 amide bonds. The van der Waals surface area contributed by atoms with Crippen LogP contribution in [0.25, 0.3) is 90.9 Å². The summed E-state index contributed by atoms with van der Waals surface area (Å²) < 4.78 is 36.7. The van der Waals surface area contributed by atoms with E-state index in [4.69, 9.17) is 38.4 Å². The van der Waals surface area contributed by atoms with Gasteiger partial charge in [-0.05, 0) is 72.3 Å². The van der Waals surface area contributed by atoms with Crippen LogP contribution >= 0.6 is 0 Å². The topological polar surface area (TPSA) is 356 Å². The molecular weight excluding hydrogens is 1090 g/mol. The van der Waals surface area contributed by atoms with Gasteiger partial charge in [-0.3, -0.25) is 0 Å². The average Bonchev–Trinajstić information content (AvgIpc) is 2.73. The van der Waals surface area contributed by atoms with E-state index in [1.54, 1.807) is 91.0 Å². The van der Waals surface area contributed by atoms with Gasteiger partial charge in [-0.25, -0.2) is 9.97 Å². The van der Waals surface area contributed by atoms with E-state index in [2.05, 4.69) is 9.97 Å². The molecule has 0 aliphatic carbocycles. The monoisotopic (exact) mass is 1150 g/mol. The Morgan fingerprint density at radius 2 is 0.619 bits per heavy atom. The van der Waals surface area contributed by atoms with Gasteiger partial charge in [0, 0.05) is 61.0 Å². The Bertz CT molecular complexity index is 3690. The van der Waals surface area contributed by atoms with Crippen LogP contribution in [0.3, 0.4) is 0 Å². The van der Waals surface area contributed by atoms with Crippen molar-refractivity contribution in [1.29, 1.82) is 0 Å². The Hall–Kier alpha value is -7.72. The lowest BCUT2D eigenvalue weighted by Gasteiger charge is -2.39. The number of aromatic amines is 2. The van der Waals surface area contributed by atoms with Gasteiger partial charge in [0.2, 0.25) is 18.9 Å². The Balaban J connectivity index is 1.14. The number of para-hydroxylation sites is 3. The van der Waals surface area contributed by atoms with Gasteiger partial charge < -0.3 is 99.7 Å². The highest BCUT2D eigenvalue weighted by Gasteiger charge is 2.47. The van der Waals surface area contributed by atoms with Gasteiger partial charge in [-0.2, -0.15) is 0 Å². The smallest absolute Gasteiger partial charge is 0.229 e. The molecule has 5 aliphatic rings. The van der Waals surface area contributed by atoms with Crippen molar-refractivity contribution >= 4 is 46.4 Å². The van der Waals surface area contributed by atoms with Crippen LogP contribution in [0.15, 0.2) is 127 Å². The number of fused-ring (bicyclic) bond motifs is 8. The van der Waals surface area contributed by atoms with Crippen LogP contribution in [-0.2, 0) is 14.2 Å². The number of nitrogens with one attached hydrogen (secondary N) is 2. The Morgan fingerprint density at radius 3 is 0.940 bits per heavy atom. The third kappa shape index (κ3) is 10.5. The fourth-order valence-electron chi connectivity index (χ4n) is 11.2. The van der Waals surface area contributed by atoms with Gasteiger partial charge in [-0.15, -0.1) is 0 Å². The van der Waals surface area contributed by atoms with Gasteiger partial charge in [0.15, 0.2) is 0 Å². The number of rotatable bonds is 13. The molecular formula is C62H60N4O18. The van der Waals surface area contributed by atoms with Gasteiger partial charge in [0.1, 0.15) is 90.5 Å². The molecule has 7 aromatic rings. The second kappa shape index (κ2) is 23.7. The summed E-state index contributed by atoms with van der Waals surface area (Å²) in [6, 6.07) is 37.5. The second-order valence-electron chi connectivity index (χ2n) is 20.8. The Morgan fingerprint density at radius 1 is 0.333 bits per heavy atom. The first-order valence-electron chi connectivity index (χ1n) is 27.2. The minimum Gasteiger partial charge on any atom is -0.461 e. The molecule has 12 rings (SSSR count). The van der Waals surface area contributed by atoms with E-state index in [1.807, 2.05) is 60.7 Å². The van der Waals surface area contributed by atoms with Crippen LogP contribution in [0.1, 0.15) is 22.8 Å². The molecule has 22 nitrogen and oxygen atoms in total. The summed E-state index contributed by atoms with van der Waals surface area (Å²) in [5.41, 5.74) is 7.84. The van der Waals surface area contributed by atoms with Crippen LogP contribution in [-0.4, -0.2) is 193 Å². The molecule has 5 aliphatic heterocycles. The van der Waals surface area contributed by atoms with Crippen molar-refractivity contribution in [1.82, 2.24) is 19.9 Å². The van der Waals surface area contributed by atoms with Crippen LogP contribution in [0.4, 0.5) is 0 Å². The largest absolute Gasteiger partial charge is 0.461 e. The molecule has 84 heavy (non-hydrogen) atoms. The number of H-pyrrole nitrogens is 2. The zero-order valence-electron chi connectivity index (χ0n) is 44.4. The normalized spacial score (nSPS) is 28.5. The first kappa shape index (κ1) is 56.7. The molecule has 436 valence electrons. The van der Waals surface area contributed by atoms with Crippen LogP contribution in [0.5, 0.6) is 17.2 Å². The molecule has 8 heterocycles. The van der Waals surface area contributed by atoms with E-state index < -0.39 is 112 Å². The zero-order chi connectivity index (χ0) is 58.5. The number of aliphatic hydroxyl groups excluding tert-OH is 12. The average molecular weight is 1150 g/mol. The molecule has 3 saturated heterocycles. The lowest BCUT2D eigenvalue weighted by Crippen LogP contribution is -2.60. The maximum absolute atomic E-state index is 11.2. The fraction of sp³-hybridized carbons (Fsp3) is 0.290. The van der Waals surface area contributed by atoms with E-state index in [0.29, 0.717) is 83.8 Å². The summed E-state index contributed by atoms with van der Waals surface area (Å²) in [6.07, 6.45) is -16.6. The van der Waals surface area contributed by atoms with Gasteiger partial charge in [-0.1, -0.05) is 84.9 Å². The minimum atomic E-state index is -1.77. The summed E-state index contributed by atoms with van der Waals surface area (Å²) in [4.78, 5) is 18.0. The summed E-state index contributed by atoms with van der Waals surface area (Å²) >= 11 is 0. The van der Waals surface area contributed by atoms with Gasteiger partial charge >= 0.3 is 0 Å². The van der Waals surface area contributed by atoms with E-state index in [1.165, 1.54) is 0 Å². The van der Waals surface area contributed by atoms with E-state index in [-0.39, 0.29) is 17.2 Å². The van der Waals surface area contributed by atoms with Crippen LogP contribution in [0.2, 0.25) is 0 Å². The molecule has 15 atom stereocenters. The number of aromatic nitrogens is 4. The quantitative estimate of drug-likeness (QED) is 0.0789. The highest BCUT2D eigenvalue weighted by molar-refractivity contribution is 6.01. The first-order chi connectivity index (χ1) is 40.7. The first-order valence-corrected chi connectivity index (χ1v) is 27.2. The van der Waals surface area contributed by atoms with Crippen molar-refractivity contribution in [3.8, 4) is 61.8 Å². The van der Waals surface area contributed by atoms with E-state index >= 15 is 0 Å². The second-order valence-corrected chi connectivity index (χ2v) is 20.8. The number of hydrogen-bond donors (Lipinski definition) is 14. The molecule has 3 aromatic heterocycles. The molecule has 8 bridgehead atoms. The number of benzene rings is 4.